The Morgan fingerprint density at radius 2 is 1.05 bits per heavy atom. The van der Waals surface area contributed by atoms with Gasteiger partial charge in [-0.2, -0.15) is 0 Å². The molecule has 0 rings (SSSR count). The molecule has 0 saturated carbocycles. The summed E-state index contributed by atoms with van der Waals surface area (Å²) in [5.41, 5.74) is 0. The first-order valence-electron chi connectivity index (χ1n) is 7.89. The molecular weight excluding hydrogens is 312 g/mol. The Bertz CT molecular complexity index is 231. The average molecular weight is 344 g/mol. The molecule has 2 unspecified atom stereocenters. The van der Waals surface area contributed by atoms with Gasteiger partial charge in [-0.1, -0.05) is 53.4 Å². The summed E-state index contributed by atoms with van der Waals surface area (Å²) in [6.07, 6.45) is 7.43. The molecule has 0 radical (unpaired) electrons. The third-order valence-corrected chi connectivity index (χ3v) is 3.50. The van der Waals surface area contributed by atoms with Crippen LogP contribution >= 0.6 is 0 Å². The largest absolute Gasteiger partial charge is 2.00 e. The maximum atomic E-state index is 10.4. The SMILES string of the molecule is CCCCC(CC)C(=O)O.CCCCC(CC)C(=O)O.[Fe+2]. The summed E-state index contributed by atoms with van der Waals surface area (Å²) >= 11 is 0. The number of carboxylic acids is 2. The van der Waals surface area contributed by atoms with Crippen molar-refractivity contribution in [1.82, 2.24) is 0 Å². The van der Waals surface area contributed by atoms with Crippen molar-refractivity contribution >= 4 is 11.9 Å². The maximum Gasteiger partial charge on any atom is 2.00 e. The van der Waals surface area contributed by atoms with Gasteiger partial charge in [-0.25, -0.2) is 0 Å². The second kappa shape index (κ2) is 17.5. The molecule has 126 valence electrons. The predicted octanol–water partition coefficient (Wildman–Crippen LogP) is 4.57. The van der Waals surface area contributed by atoms with Gasteiger partial charge >= 0.3 is 29.0 Å². The topological polar surface area (TPSA) is 74.6 Å². The summed E-state index contributed by atoms with van der Waals surface area (Å²) in [6.45, 7) is 8.01. The van der Waals surface area contributed by atoms with E-state index in [4.69, 9.17) is 10.2 Å². The van der Waals surface area contributed by atoms with Crippen molar-refractivity contribution in [2.75, 3.05) is 0 Å². The van der Waals surface area contributed by atoms with E-state index in [1.54, 1.807) is 0 Å². The molecule has 0 aliphatic rings. The Kier molecular flexibility index (Phi) is 21.2. The normalized spacial score (nSPS) is 12.4. The summed E-state index contributed by atoms with van der Waals surface area (Å²) in [6, 6.07) is 0. The van der Waals surface area contributed by atoms with Crippen LogP contribution in [0, 0.1) is 11.8 Å². The standard InChI is InChI=1S/2C8H16O2.Fe/c2*1-3-5-6-7(4-2)8(9)10;/h2*7H,3-6H2,1-2H3,(H,9,10);/q;;+2. The smallest absolute Gasteiger partial charge is 0.481 e. The number of hydrogen-bond donors (Lipinski definition) is 2. The minimum absolute atomic E-state index is 0. The Hall–Kier alpha value is -0.541. The van der Waals surface area contributed by atoms with E-state index in [0.29, 0.717) is 0 Å². The van der Waals surface area contributed by atoms with Crippen molar-refractivity contribution in [2.45, 2.75) is 79.1 Å². The van der Waals surface area contributed by atoms with Crippen LogP contribution in [0.4, 0.5) is 0 Å². The van der Waals surface area contributed by atoms with E-state index >= 15 is 0 Å². The van der Waals surface area contributed by atoms with E-state index in [1.165, 1.54) is 0 Å². The van der Waals surface area contributed by atoms with Gasteiger partial charge in [-0.05, 0) is 25.7 Å². The summed E-state index contributed by atoms with van der Waals surface area (Å²) in [5.74, 6) is -1.51. The van der Waals surface area contributed by atoms with Crippen LogP contribution in [0.2, 0.25) is 0 Å². The summed E-state index contributed by atoms with van der Waals surface area (Å²) in [4.78, 5) is 20.9. The van der Waals surface area contributed by atoms with E-state index in [1.807, 2.05) is 13.8 Å². The first kappa shape index (κ1) is 25.4. The molecule has 4 nitrogen and oxygen atoms in total. The Balaban J connectivity index is -0.000000295. The first-order chi connectivity index (χ1) is 9.44. The minimum Gasteiger partial charge on any atom is -0.481 e. The fourth-order valence-electron chi connectivity index (χ4n) is 1.91. The van der Waals surface area contributed by atoms with Crippen molar-refractivity contribution in [1.29, 1.82) is 0 Å². The first-order valence-corrected chi connectivity index (χ1v) is 7.89. The van der Waals surface area contributed by atoms with Crippen molar-refractivity contribution < 1.29 is 36.9 Å². The average Bonchev–Trinajstić information content (AvgIpc) is 2.40. The minimum atomic E-state index is -0.643. The molecular formula is C16H32FeO4+2. The summed E-state index contributed by atoms with van der Waals surface area (Å²) in [7, 11) is 0. The van der Waals surface area contributed by atoms with Gasteiger partial charge in [0.15, 0.2) is 0 Å². The quantitative estimate of drug-likeness (QED) is 0.569. The van der Waals surface area contributed by atoms with Crippen LogP contribution in [0.15, 0.2) is 0 Å². The fraction of sp³-hybridized carbons (Fsp3) is 0.875. The number of unbranched alkanes of at least 4 members (excludes halogenated alkanes) is 2. The van der Waals surface area contributed by atoms with Gasteiger partial charge < -0.3 is 10.2 Å². The zero-order valence-electron chi connectivity index (χ0n) is 13.9. The third-order valence-electron chi connectivity index (χ3n) is 3.50. The van der Waals surface area contributed by atoms with Gasteiger partial charge in [0.2, 0.25) is 0 Å². The molecule has 5 heteroatoms. The summed E-state index contributed by atoms with van der Waals surface area (Å²) < 4.78 is 0. The molecule has 0 aromatic heterocycles. The third kappa shape index (κ3) is 15.7. The Morgan fingerprint density at radius 3 is 1.19 bits per heavy atom. The molecule has 2 atom stereocenters. The molecule has 0 fully saturated rings. The zero-order chi connectivity index (χ0) is 16.0. The molecule has 2 N–H and O–H groups in total. The molecule has 21 heavy (non-hydrogen) atoms. The second-order valence-corrected chi connectivity index (χ2v) is 5.17. The van der Waals surface area contributed by atoms with Crippen molar-refractivity contribution in [3.05, 3.63) is 0 Å². The van der Waals surface area contributed by atoms with Crippen LogP contribution in [-0.4, -0.2) is 22.2 Å². The van der Waals surface area contributed by atoms with E-state index in [-0.39, 0.29) is 28.9 Å². The molecule has 0 saturated heterocycles. The van der Waals surface area contributed by atoms with E-state index in [2.05, 4.69) is 13.8 Å². The Labute approximate surface area is 140 Å². The molecule has 0 spiro atoms. The second-order valence-electron chi connectivity index (χ2n) is 5.17. The van der Waals surface area contributed by atoms with E-state index < -0.39 is 11.9 Å². The number of rotatable bonds is 10. The molecule has 0 amide bonds. The van der Waals surface area contributed by atoms with Gasteiger partial charge in [0.1, 0.15) is 0 Å². The number of carboxylic acid groups (broad SMARTS) is 2. The fourth-order valence-corrected chi connectivity index (χ4v) is 1.91. The number of hydrogen-bond acceptors (Lipinski definition) is 2. The van der Waals surface area contributed by atoms with Crippen LogP contribution < -0.4 is 0 Å². The van der Waals surface area contributed by atoms with Gasteiger partial charge in [-0.3, -0.25) is 9.59 Å². The number of aliphatic carboxylic acids is 2. The van der Waals surface area contributed by atoms with Crippen molar-refractivity contribution in [3.8, 4) is 0 Å². The molecule has 0 aromatic carbocycles. The van der Waals surface area contributed by atoms with Crippen LogP contribution in [0.3, 0.4) is 0 Å². The van der Waals surface area contributed by atoms with E-state index in [0.717, 1.165) is 51.4 Å². The van der Waals surface area contributed by atoms with Gasteiger partial charge in [0.25, 0.3) is 0 Å². The van der Waals surface area contributed by atoms with Crippen LogP contribution in [0.1, 0.15) is 79.1 Å². The van der Waals surface area contributed by atoms with Crippen molar-refractivity contribution in [2.24, 2.45) is 11.8 Å². The predicted molar refractivity (Wildman–Crippen MR) is 81.9 cm³/mol. The van der Waals surface area contributed by atoms with Crippen LogP contribution in [-0.2, 0) is 26.7 Å². The summed E-state index contributed by atoms with van der Waals surface area (Å²) in [5, 5.41) is 17.2. The molecule has 0 aromatic rings. The van der Waals surface area contributed by atoms with E-state index in [9.17, 15) is 9.59 Å². The van der Waals surface area contributed by atoms with Crippen LogP contribution in [0.5, 0.6) is 0 Å². The molecule has 0 bridgehead atoms. The maximum absolute atomic E-state index is 10.4. The van der Waals surface area contributed by atoms with Crippen molar-refractivity contribution in [3.63, 3.8) is 0 Å². The zero-order valence-corrected chi connectivity index (χ0v) is 15.0. The van der Waals surface area contributed by atoms with Gasteiger partial charge in [0.05, 0.1) is 11.8 Å². The monoisotopic (exact) mass is 344 g/mol. The van der Waals surface area contributed by atoms with Crippen LogP contribution in [0.25, 0.3) is 0 Å². The molecule has 0 aliphatic carbocycles. The number of carbonyl (C=O) groups is 2. The molecule has 0 aliphatic heterocycles. The van der Waals surface area contributed by atoms with Gasteiger partial charge in [-0.15, -0.1) is 0 Å². The molecule has 0 heterocycles. The Morgan fingerprint density at radius 1 is 0.762 bits per heavy atom. The van der Waals surface area contributed by atoms with Gasteiger partial charge in [0, 0.05) is 0 Å².